The molecule has 3 atom stereocenters. The van der Waals surface area contributed by atoms with Gasteiger partial charge in [-0.1, -0.05) is 23.7 Å². The van der Waals surface area contributed by atoms with Crippen LogP contribution in [-0.2, 0) is 9.53 Å². The van der Waals surface area contributed by atoms with Crippen molar-refractivity contribution < 1.29 is 23.8 Å². The van der Waals surface area contributed by atoms with Crippen LogP contribution >= 0.6 is 22.9 Å². The minimum absolute atomic E-state index is 0.0400. The van der Waals surface area contributed by atoms with Crippen molar-refractivity contribution in [3.63, 3.8) is 0 Å². The Bertz CT molecular complexity index is 1380. The maximum absolute atomic E-state index is 14.6. The third-order valence-corrected chi connectivity index (χ3v) is 8.86. The molecule has 3 aliphatic rings. The van der Waals surface area contributed by atoms with Crippen LogP contribution in [0.25, 0.3) is 0 Å². The van der Waals surface area contributed by atoms with Gasteiger partial charge in [-0.2, -0.15) is 0 Å². The molecule has 2 amide bonds. The van der Waals surface area contributed by atoms with Crippen LogP contribution in [0.2, 0.25) is 5.02 Å². The summed E-state index contributed by atoms with van der Waals surface area (Å²) in [6.07, 6.45) is 1.65. The number of carbonyl (C=O) groups is 2. The van der Waals surface area contributed by atoms with Crippen molar-refractivity contribution in [3.8, 4) is 0 Å². The van der Waals surface area contributed by atoms with Gasteiger partial charge in [0.1, 0.15) is 11.9 Å². The van der Waals surface area contributed by atoms with Gasteiger partial charge >= 0.3 is 12.0 Å². The number of fused-ring (bicyclic) bond motifs is 1. The van der Waals surface area contributed by atoms with Crippen molar-refractivity contribution >= 4 is 40.8 Å². The van der Waals surface area contributed by atoms with E-state index >= 15 is 0 Å². The van der Waals surface area contributed by atoms with E-state index in [-0.39, 0.29) is 54.0 Å². The Labute approximate surface area is 247 Å². The molecular weight excluding hydrogens is 571 g/mol. The Balaban J connectivity index is 1.56. The number of nitrogens with zero attached hydrogens (tertiary/aromatic N) is 5. The molecule has 2 N–H and O–H groups in total. The molecule has 220 valence electrons. The first kappa shape index (κ1) is 29.4. The zero-order valence-corrected chi connectivity index (χ0v) is 25.0. The predicted molar refractivity (Wildman–Crippen MR) is 154 cm³/mol. The number of esters is 1. The number of piperazine rings is 1. The molecule has 2 aromatic rings. The number of amidine groups is 1. The van der Waals surface area contributed by atoms with E-state index in [1.165, 1.54) is 23.5 Å². The van der Waals surface area contributed by atoms with Crippen LogP contribution in [0.5, 0.6) is 0 Å². The Hall–Kier alpha value is -3.06. The number of amides is 2. The third-order valence-electron chi connectivity index (χ3n) is 7.68. The lowest BCUT2D eigenvalue weighted by molar-refractivity contribution is -0.139. The number of rotatable bonds is 7. The number of nitrogens with one attached hydrogen (secondary N) is 1. The number of thiazole rings is 1. The summed E-state index contributed by atoms with van der Waals surface area (Å²) in [5.74, 6) is -0.803. The Kier molecular flexibility index (Phi) is 8.38. The zero-order valence-electron chi connectivity index (χ0n) is 23.4. The largest absolute Gasteiger partial charge is 0.463 e. The molecule has 2 saturated heterocycles. The highest BCUT2D eigenvalue weighted by molar-refractivity contribution is 7.11. The predicted octanol–water partition coefficient (Wildman–Crippen LogP) is 3.43. The van der Waals surface area contributed by atoms with E-state index in [2.05, 4.69) is 15.2 Å². The van der Waals surface area contributed by atoms with E-state index in [1.807, 2.05) is 36.0 Å². The lowest BCUT2D eigenvalue weighted by Crippen LogP contribution is -2.61. The summed E-state index contributed by atoms with van der Waals surface area (Å²) in [6.45, 7) is 9.30. The molecule has 4 heterocycles. The summed E-state index contributed by atoms with van der Waals surface area (Å²) in [7, 11) is 0. The number of urea groups is 1. The van der Waals surface area contributed by atoms with E-state index in [0.717, 1.165) is 0 Å². The molecule has 0 radical (unpaired) electrons. The molecule has 41 heavy (non-hydrogen) atoms. The number of aromatic nitrogens is 1. The minimum atomic E-state index is -0.953. The second kappa shape index (κ2) is 11.7. The molecule has 5 rings (SSSR count). The van der Waals surface area contributed by atoms with Gasteiger partial charge < -0.3 is 25.0 Å². The fraction of sp³-hybridized carbons (Fsp3) is 0.500. The van der Waals surface area contributed by atoms with Gasteiger partial charge in [0, 0.05) is 54.6 Å². The zero-order chi connectivity index (χ0) is 29.5. The molecule has 2 fully saturated rings. The standard InChI is InChI=1S/C28H34ClFN6O4S/c1-5-40-26(38)21-18(13-34-10-11-35-19(20(34)15-37)14-36(27(35)39)28(2,3)4)32-24(25-31-9-12-41-25)33-23(21)16-7-6-8-17(30)22(16)29/h6-9,12,19-20,23,37H,5,10-11,13-15H2,1-4H3,(H,32,33)/t19-,20-,23-/m0/s1. The highest BCUT2D eigenvalue weighted by atomic mass is 35.5. The van der Waals surface area contributed by atoms with E-state index in [9.17, 15) is 19.1 Å². The number of hydrogen-bond acceptors (Lipinski definition) is 9. The Morgan fingerprint density at radius 2 is 2.10 bits per heavy atom. The van der Waals surface area contributed by atoms with Gasteiger partial charge in [-0.15, -0.1) is 11.3 Å². The average molecular weight is 605 g/mol. The van der Waals surface area contributed by atoms with Gasteiger partial charge in [-0.3, -0.25) is 9.89 Å². The molecule has 0 bridgehead atoms. The molecule has 10 nitrogen and oxygen atoms in total. The number of aliphatic hydroxyl groups excluding tert-OH is 1. The van der Waals surface area contributed by atoms with Gasteiger partial charge in [-0.25, -0.2) is 19.0 Å². The van der Waals surface area contributed by atoms with Crippen LogP contribution in [0, 0.1) is 5.82 Å². The SMILES string of the molecule is CCOC(=O)C1=C(CN2CCN3C(=O)N(C(C)(C)C)C[C@H]3[C@@H]2CO)NC(c2nccs2)=N[C@H]1c1cccc(F)c1Cl. The van der Waals surface area contributed by atoms with Crippen molar-refractivity contribution in [1.29, 1.82) is 0 Å². The van der Waals surface area contributed by atoms with E-state index in [4.69, 9.17) is 21.3 Å². The maximum Gasteiger partial charge on any atom is 0.338 e. The van der Waals surface area contributed by atoms with Gasteiger partial charge in [0.15, 0.2) is 10.8 Å². The fourth-order valence-electron chi connectivity index (χ4n) is 5.67. The highest BCUT2D eigenvalue weighted by Crippen LogP contribution is 2.38. The monoisotopic (exact) mass is 604 g/mol. The summed E-state index contributed by atoms with van der Waals surface area (Å²) in [5.41, 5.74) is 0.671. The van der Waals surface area contributed by atoms with Crippen LogP contribution in [0.4, 0.5) is 9.18 Å². The van der Waals surface area contributed by atoms with Gasteiger partial charge in [-0.05, 0) is 33.8 Å². The number of hydrogen-bond donors (Lipinski definition) is 2. The molecule has 1 aromatic carbocycles. The molecule has 0 spiro atoms. The molecule has 1 aromatic heterocycles. The van der Waals surface area contributed by atoms with Crippen molar-refractivity contribution in [1.82, 2.24) is 25.0 Å². The van der Waals surface area contributed by atoms with Crippen molar-refractivity contribution in [3.05, 3.63) is 62.5 Å². The number of ether oxygens (including phenoxy) is 1. The Morgan fingerprint density at radius 1 is 1.32 bits per heavy atom. The lowest BCUT2D eigenvalue weighted by atomic mass is 9.94. The first-order valence-electron chi connectivity index (χ1n) is 13.6. The molecule has 13 heteroatoms. The maximum atomic E-state index is 14.6. The highest BCUT2D eigenvalue weighted by Gasteiger charge is 2.49. The summed E-state index contributed by atoms with van der Waals surface area (Å²) >= 11 is 7.79. The number of carbonyl (C=O) groups excluding carboxylic acids is 2. The molecule has 0 unspecified atom stereocenters. The number of aliphatic hydroxyl groups is 1. The second-order valence-electron chi connectivity index (χ2n) is 11.1. The van der Waals surface area contributed by atoms with Crippen LogP contribution in [0.15, 0.2) is 46.0 Å². The van der Waals surface area contributed by atoms with Crippen molar-refractivity contribution in [2.24, 2.45) is 4.99 Å². The summed E-state index contributed by atoms with van der Waals surface area (Å²) in [6, 6.07) is 2.82. The Morgan fingerprint density at radius 3 is 2.76 bits per heavy atom. The van der Waals surface area contributed by atoms with E-state index in [0.29, 0.717) is 41.7 Å². The first-order chi connectivity index (χ1) is 19.5. The van der Waals surface area contributed by atoms with Crippen LogP contribution in [0.3, 0.4) is 0 Å². The van der Waals surface area contributed by atoms with E-state index in [1.54, 1.807) is 19.2 Å². The molecular formula is C28H34ClFN6O4S. The lowest BCUT2D eigenvalue weighted by Gasteiger charge is -2.43. The van der Waals surface area contributed by atoms with Gasteiger partial charge in [0.05, 0.1) is 35.9 Å². The van der Waals surface area contributed by atoms with Gasteiger partial charge in [0.25, 0.3) is 0 Å². The number of aliphatic imine (C=N–C) groups is 1. The van der Waals surface area contributed by atoms with Gasteiger partial charge in [0.2, 0.25) is 0 Å². The minimum Gasteiger partial charge on any atom is -0.463 e. The second-order valence-corrected chi connectivity index (χ2v) is 12.4. The summed E-state index contributed by atoms with van der Waals surface area (Å²) in [4.78, 5) is 41.6. The molecule has 0 aliphatic carbocycles. The molecule has 3 aliphatic heterocycles. The van der Waals surface area contributed by atoms with Crippen molar-refractivity contribution in [2.45, 2.75) is 51.4 Å². The fourth-order valence-corrected chi connectivity index (χ4v) is 6.49. The summed E-state index contributed by atoms with van der Waals surface area (Å²) in [5, 5.41) is 16.1. The number of halogens is 2. The van der Waals surface area contributed by atoms with Crippen LogP contribution < -0.4 is 5.32 Å². The topological polar surface area (TPSA) is 111 Å². The molecule has 0 saturated carbocycles. The quantitative estimate of drug-likeness (QED) is 0.466. The van der Waals surface area contributed by atoms with Crippen LogP contribution in [-0.4, -0.2) is 99.6 Å². The van der Waals surface area contributed by atoms with Crippen molar-refractivity contribution in [2.75, 3.05) is 39.4 Å². The smallest absolute Gasteiger partial charge is 0.338 e. The van der Waals surface area contributed by atoms with E-state index < -0.39 is 17.8 Å². The average Bonchev–Trinajstić information content (AvgIpc) is 3.58. The number of benzene rings is 1. The normalized spacial score (nSPS) is 23.4. The van der Waals surface area contributed by atoms with Crippen LogP contribution in [0.1, 0.15) is 44.3 Å². The third kappa shape index (κ3) is 5.57. The summed E-state index contributed by atoms with van der Waals surface area (Å²) < 4.78 is 20.1. The first-order valence-corrected chi connectivity index (χ1v) is 14.8.